The van der Waals surface area contributed by atoms with Crippen molar-refractivity contribution in [2.45, 2.75) is 13.0 Å². The van der Waals surface area contributed by atoms with E-state index in [-0.39, 0.29) is 6.10 Å². The maximum Gasteiger partial charge on any atom is 0.0874 e. The monoisotopic (exact) mass is 332 g/mol. The molecule has 18 heavy (non-hydrogen) atoms. The summed E-state index contributed by atoms with van der Waals surface area (Å²) >= 11 is 9.38. The first-order chi connectivity index (χ1) is 8.69. The van der Waals surface area contributed by atoms with Crippen LogP contribution < -0.4 is 5.32 Å². The van der Waals surface area contributed by atoms with Gasteiger partial charge in [0.15, 0.2) is 0 Å². The van der Waals surface area contributed by atoms with Gasteiger partial charge in [-0.15, -0.1) is 0 Å². The number of ether oxygens (including phenoxy) is 1. The highest BCUT2D eigenvalue weighted by Crippen LogP contribution is 2.25. The van der Waals surface area contributed by atoms with E-state index >= 15 is 0 Å². The lowest BCUT2D eigenvalue weighted by atomic mass is 10.2. The molecule has 1 atom stereocenters. The molecule has 1 aromatic carbocycles. The summed E-state index contributed by atoms with van der Waals surface area (Å²) in [5.41, 5.74) is 1.06. The van der Waals surface area contributed by atoms with E-state index < -0.39 is 0 Å². The van der Waals surface area contributed by atoms with Gasteiger partial charge in [-0.25, -0.2) is 0 Å². The van der Waals surface area contributed by atoms with Gasteiger partial charge in [0.05, 0.1) is 17.7 Å². The fourth-order valence-electron chi connectivity index (χ4n) is 2.03. The lowest BCUT2D eigenvalue weighted by molar-refractivity contribution is -0.0191. The van der Waals surface area contributed by atoms with Gasteiger partial charge in [0.25, 0.3) is 0 Å². The molecule has 1 fully saturated rings. The van der Waals surface area contributed by atoms with Crippen molar-refractivity contribution in [3.8, 4) is 0 Å². The van der Waals surface area contributed by atoms with Crippen LogP contribution in [0.25, 0.3) is 0 Å². The molecule has 0 bridgehead atoms. The molecule has 0 spiro atoms. The number of halogens is 2. The zero-order valence-electron chi connectivity index (χ0n) is 10.5. The minimum Gasteiger partial charge on any atom is -0.382 e. The van der Waals surface area contributed by atoms with Crippen molar-refractivity contribution >= 4 is 33.2 Å². The van der Waals surface area contributed by atoms with Gasteiger partial charge in [0.2, 0.25) is 0 Å². The largest absolute Gasteiger partial charge is 0.382 e. The smallest absolute Gasteiger partial charge is 0.0874 e. The van der Waals surface area contributed by atoms with E-state index in [9.17, 15) is 0 Å². The number of likely N-dealkylation sites (N-methyl/N-ethyl adjacent to an activating group) is 1. The van der Waals surface area contributed by atoms with Crippen molar-refractivity contribution in [2.75, 3.05) is 38.1 Å². The second kappa shape index (κ2) is 6.75. The van der Waals surface area contributed by atoms with Crippen molar-refractivity contribution in [1.29, 1.82) is 0 Å². The fourth-order valence-corrected chi connectivity index (χ4v) is 2.53. The summed E-state index contributed by atoms with van der Waals surface area (Å²) in [7, 11) is 0. The van der Waals surface area contributed by atoms with Gasteiger partial charge >= 0.3 is 0 Å². The Morgan fingerprint density at radius 2 is 2.39 bits per heavy atom. The van der Waals surface area contributed by atoms with E-state index in [2.05, 4.69) is 33.1 Å². The van der Waals surface area contributed by atoms with Crippen molar-refractivity contribution in [3.63, 3.8) is 0 Å². The molecule has 1 unspecified atom stereocenters. The Kier molecular flexibility index (Phi) is 5.30. The van der Waals surface area contributed by atoms with Gasteiger partial charge in [-0.2, -0.15) is 0 Å². The molecule has 0 radical (unpaired) electrons. The molecule has 0 amide bonds. The molecule has 1 saturated heterocycles. The maximum absolute atomic E-state index is 5.96. The molecule has 2 rings (SSSR count). The van der Waals surface area contributed by atoms with Crippen LogP contribution in [0.5, 0.6) is 0 Å². The topological polar surface area (TPSA) is 24.5 Å². The third-order valence-electron chi connectivity index (χ3n) is 3.12. The van der Waals surface area contributed by atoms with Crippen LogP contribution in [-0.4, -0.2) is 43.8 Å². The number of hydrogen-bond donors (Lipinski definition) is 1. The van der Waals surface area contributed by atoms with E-state index in [1.807, 2.05) is 18.2 Å². The van der Waals surface area contributed by atoms with Crippen LogP contribution in [0.2, 0.25) is 5.02 Å². The predicted octanol–water partition coefficient (Wildman–Crippen LogP) is 3.24. The Balaban J connectivity index is 1.85. The molecule has 1 aliphatic heterocycles. The average molecular weight is 334 g/mol. The van der Waals surface area contributed by atoms with Crippen molar-refractivity contribution in [1.82, 2.24) is 4.90 Å². The molecule has 1 aromatic rings. The molecule has 0 aliphatic carbocycles. The Hall–Kier alpha value is -0.290. The van der Waals surface area contributed by atoms with Crippen LogP contribution >= 0.6 is 27.5 Å². The number of rotatable bonds is 4. The minimum absolute atomic E-state index is 0.258. The fraction of sp³-hybridized carbons (Fsp3) is 0.538. The molecular weight excluding hydrogens is 316 g/mol. The highest BCUT2D eigenvalue weighted by Gasteiger charge is 2.18. The molecule has 100 valence electrons. The highest BCUT2D eigenvalue weighted by molar-refractivity contribution is 9.10. The molecule has 0 saturated carbocycles. The van der Waals surface area contributed by atoms with Crippen LogP contribution in [0.15, 0.2) is 22.7 Å². The van der Waals surface area contributed by atoms with Gasteiger partial charge in [0, 0.05) is 29.8 Å². The van der Waals surface area contributed by atoms with Gasteiger partial charge < -0.3 is 10.1 Å². The molecule has 3 nitrogen and oxygen atoms in total. The van der Waals surface area contributed by atoms with Crippen LogP contribution in [0.3, 0.4) is 0 Å². The Morgan fingerprint density at radius 3 is 3.11 bits per heavy atom. The van der Waals surface area contributed by atoms with Crippen LogP contribution in [0, 0.1) is 0 Å². The molecule has 5 heteroatoms. The Bertz CT molecular complexity index is 403. The first kappa shape index (κ1) is 14.1. The zero-order chi connectivity index (χ0) is 13.0. The second-order valence-electron chi connectivity index (χ2n) is 4.40. The van der Waals surface area contributed by atoms with E-state index in [1.165, 1.54) is 0 Å². The van der Waals surface area contributed by atoms with Gasteiger partial charge in [-0.3, -0.25) is 4.90 Å². The third-order valence-corrected chi connectivity index (χ3v) is 4.34. The van der Waals surface area contributed by atoms with E-state index in [4.69, 9.17) is 16.3 Å². The quantitative estimate of drug-likeness (QED) is 0.915. The standard InChI is InChI=1S/C13H18BrClN2O/c1-2-17-5-6-18-11(9-17)8-16-10-3-4-13(15)12(14)7-10/h3-4,7,11,16H,2,5-6,8-9H2,1H3. The SMILES string of the molecule is CCN1CCOC(CNc2ccc(Cl)c(Br)c2)C1. The van der Waals surface area contributed by atoms with Crippen LogP contribution in [0.1, 0.15) is 6.92 Å². The zero-order valence-corrected chi connectivity index (χ0v) is 12.8. The normalized spacial score (nSPS) is 20.9. The van der Waals surface area contributed by atoms with E-state index in [0.29, 0.717) is 0 Å². The van der Waals surface area contributed by atoms with Crippen molar-refractivity contribution in [3.05, 3.63) is 27.7 Å². The lowest BCUT2D eigenvalue weighted by Gasteiger charge is -2.32. The van der Waals surface area contributed by atoms with Crippen molar-refractivity contribution < 1.29 is 4.74 Å². The number of hydrogen-bond acceptors (Lipinski definition) is 3. The number of nitrogens with zero attached hydrogens (tertiary/aromatic N) is 1. The van der Waals surface area contributed by atoms with Gasteiger partial charge in [-0.1, -0.05) is 18.5 Å². The van der Waals surface area contributed by atoms with Crippen LogP contribution in [0.4, 0.5) is 5.69 Å². The third kappa shape index (κ3) is 3.85. The number of morpholine rings is 1. The number of nitrogens with one attached hydrogen (secondary N) is 1. The summed E-state index contributed by atoms with van der Waals surface area (Å²) in [5.74, 6) is 0. The second-order valence-corrected chi connectivity index (χ2v) is 5.66. The molecule has 1 heterocycles. The molecule has 1 N–H and O–H groups in total. The summed E-state index contributed by atoms with van der Waals surface area (Å²) in [6.45, 7) is 6.96. The maximum atomic E-state index is 5.96. The Morgan fingerprint density at radius 1 is 1.56 bits per heavy atom. The minimum atomic E-state index is 0.258. The number of anilines is 1. The van der Waals surface area contributed by atoms with E-state index in [1.54, 1.807) is 0 Å². The summed E-state index contributed by atoms with van der Waals surface area (Å²) in [4.78, 5) is 2.41. The summed E-state index contributed by atoms with van der Waals surface area (Å²) in [5, 5.41) is 4.12. The first-order valence-corrected chi connectivity index (χ1v) is 7.39. The summed E-state index contributed by atoms with van der Waals surface area (Å²) in [6.07, 6.45) is 0.258. The average Bonchev–Trinajstić information content (AvgIpc) is 2.40. The Labute approximate surface area is 122 Å². The van der Waals surface area contributed by atoms with E-state index in [0.717, 1.165) is 48.0 Å². The first-order valence-electron chi connectivity index (χ1n) is 6.22. The summed E-state index contributed by atoms with van der Waals surface area (Å²) < 4.78 is 6.65. The van der Waals surface area contributed by atoms with Gasteiger partial charge in [-0.05, 0) is 40.7 Å². The number of benzene rings is 1. The van der Waals surface area contributed by atoms with Crippen LogP contribution in [-0.2, 0) is 4.74 Å². The molecule has 1 aliphatic rings. The lowest BCUT2D eigenvalue weighted by Crippen LogP contribution is -2.45. The van der Waals surface area contributed by atoms with Gasteiger partial charge in [0.1, 0.15) is 0 Å². The molecule has 0 aromatic heterocycles. The van der Waals surface area contributed by atoms with Crippen molar-refractivity contribution in [2.24, 2.45) is 0 Å². The summed E-state index contributed by atoms with van der Waals surface area (Å²) in [6, 6.07) is 5.85. The predicted molar refractivity (Wildman–Crippen MR) is 79.5 cm³/mol. The molecular formula is C13H18BrClN2O. The highest BCUT2D eigenvalue weighted by atomic mass is 79.9.